The van der Waals surface area contributed by atoms with Gasteiger partial charge < -0.3 is 15.5 Å². The van der Waals surface area contributed by atoms with Crippen LogP contribution in [0.25, 0.3) is 20.8 Å². The van der Waals surface area contributed by atoms with E-state index in [1.165, 1.54) is 24.5 Å². The van der Waals surface area contributed by atoms with Crippen LogP contribution in [-0.4, -0.2) is 10.9 Å². The number of fused-ring (bicyclic) bond motifs is 1. The number of aromatic nitrogens is 1. The Morgan fingerprint density at radius 1 is 1.31 bits per heavy atom. The molecule has 0 aliphatic heterocycles. The van der Waals surface area contributed by atoms with E-state index in [9.17, 15) is 18.0 Å². The van der Waals surface area contributed by atoms with Gasteiger partial charge in [-0.1, -0.05) is 6.07 Å². The van der Waals surface area contributed by atoms with Gasteiger partial charge in [-0.05, 0) is 36.1 Å². The topological polar surface area (TPSA) is 81.2 Å². The molecule has 0 aliphatic carbocycles. The average molecular weight is 437 g/mol. The summed E-state index contributed by atoms with van der Waals surface area (Å²) in [4.78, 5) is 17.7. The predicted octanol–water partition coefficient (Wildman–Crippen LogP) is 5.46. The van der Waals surface area contributed by atoms with E-state index in [2.05, 4.69) is 10.3 Å². The highest BCUT2D eigenvalue weighted by Crippen LogP contribution is 2.46. The minimum atomic E-state index is -4.64. The number of carbonyl (C=O) groups excluding carboxylic acids is 1. The second kappa shape index (κ2) is 7.20. The van der Waals surface area contributed by atoms with Crippen LogP contribution in [0, 0.1) is 6.92 Å². The van der Waals surface area contributed by atoms with Gasteiger partial charge in [0.25, 0.3) is 5.91 Å². The van der Waals surface area contributed by atoms with Crippen LogP contribution in [0.1, 0.15) is 26.6 Å². The number of nitrogen functional groups attached to an aromatic ring is 1. The van der Waals surface area contributed by atoms with Crippen molar-refractivity contribution in [3.8, 4) is 10.6 Å². The normalized spacial score (nSPS) is 11.9. The molecule has 0 saturated heterocycles. The van der Waals surface area contributed by atoms with Crippen LogP contribution in [0.4, 0.5) is 18.9 Å². The largest absolute Gasteiger partial charge is 0.467 e. The third kappa shape index (κ3) is 3.49. The summed E-state index contributed by atoms with van der Waals surface area (Å²) in [6.45, 7) is 1.47. The van der Waals surface area contributed by atoms with Gasteiger partial charge in [-0.15, -0.1) is 22.7 Å². The van der Waals surface area contributed by atoms with Crippen molar-refractivity contribution in [2.75, 3.05) is 5.73 Å². The number of nitrogens with zero attached hydrogens (tertiary/aromatic N) is 1. The van der Waals surface area contributed by atoms with Crippen molar-refractivity contribution in [2.24, 2.45) is 0 Å². The summed E-state index contributed by atoms with van der Waals surface area (Å²) < 4.78 is 47.0. The van der Waals surface area contributed by atoms with Crippen molar-refractivity contribution < 1.29 is 22.4 Å². The van der Waals surface area contributed by atoms with E-state index in [-0.39, 0.29) is 38.6 Å². The number of rotatable bonds is 4. The molecule has 29 heavy (non-hydrogen) atoms. The first-order valence-corrected chi connectivity index (χ1v) is 10.1. The minimum absolute atomic E-state index is 0.00714. The van der Waals surface area contributed by atoms with Crippen molar-refractivity contribution >= 4 is 44.5 Å². The van der Waals surface area contributed by atoms with Crippen LogP contribution in [0.3, 0.4) is 0 Å². The number of furan rings is 1. The maximum Gasteiger partial charge on any atom is 0.417 e. The monoisotopic (exact) mass is 437 g/mol. The van der Waals surface area contributed by atoms with Gasteiger partial charge in [0.1, 0.15) is 15.5 Å². The summed E-state index contributed by atoms with van der Waals surface area (Å²) in [6.07, 6.45) is -3.18. The molecule has 0 aliphatic rings. The fourth-order valence-corrected chi connectivity index (χ4v) is 4.87. The number of anilines is 1. The number of nitrogens with two attached hydrogens (primary N) is 1. The van der Waals surface area contributed by atoms with Crippen molar-refractivity contribution in [3.05, 3.63) is 57.7 Å². The van der Waals surface area contributed by atoms with Crippen molar-refractivity contribution in [3.63, 3.8) is 0 Å². The zero-order chi connectivity index (χ0) is 20.8. The number of hydrogen-bond acceptors (Lipinski definition) is 6. The lowest BCUT2D eigenvalue weighted by molar-refractivity contribution is -0.136. The van der Waals surface area contributed by atoms with Crippen LogP contribution in [-0.2, 0) is 12.7 Å². The molecule has 3 N–H and O–H groups in total. The van der Waals surface area contributed by atoms with E-state index in [0.717, 1.165) is 11.3 Å². The Labute approximate surface area is 171 Å². The number of thiophene rings is 2. The first-order chi connectivity index (χ1) is 13.8. The Bertz CT molecular complexity index is 1180. The smallest absolute Gasteiger partial charge is 0.417 e. The lowest BCUT2D eigenvalue weighted by Gasteiger charge is -2.15. The quantitative estimate of drug-likeness (QED) is 0.444. The third-order valence-electron chi connectivity index (χ3n) is 4.37. The molecular formula is C19H14F3N3O2S2. The number of nitrogens with one attached hydrogen (secondary N) is 1. The van der Waals surface area contributed by atoms with E-state index in [1.54, 1.807) is 29.6 Å². The Kier molecular flexibility index (Phi) is 4.83. The molecule has 0 fully saturated rings. The Morgan fingerprint density at radius 3 is 2.72 bits per heavy atom. The lowest BCUT2D eigenvalue weighted by Crippen LogP contribution is -2.22. The van der Waals surface area contributed by atoms with Gasteiger partial charge in [-0.3, -0.25) is 4.79 Å². The maximum atomic E-state index is 13.9. The van der Waals surface area contributed by atoms with E-state index < -0.39 is 17.6 Å². The van der Waals surface area contributed by atoms with E-state index in [0.29, 0.717) is 10.6 Å². The van der Waals surface area contributed by atoms with Crippen LogP contribution in [0.2, 0.25) is 0 Å². The summed E-state index contributed by atoms with van der Waals surface area (Å²) >= 11 is 2.14. The van der Waals surface area contributed by atoms with Crippen molar-refractivity contribution in [1.82, 2.24) is 10.3 Å². The minimum Gasteiger partial charge on any atom is -0.467 e. The molecule has 4 aromatic rings. The molecule has 4 heterocycles. The fraction of sp³-hybridized carbons (Fsp3) is 0.158. The number of halogens is 3. The third-order valence-corrected chi connectivity index (χ3v) is 6.34. The number of amides is 1. The van der Waals surface area contributed by atoms with Gasteiger partial charge >= 0.3 is 6.18 Å². The lowest BCUT2D eigenvalue weighted by atomic mass is 10.0. The highest BCUT2D eigenvalue weighted by Gasteiger charge is 2.38. The number of carbonyl (C=O) groups is 1. The van der Waals surface area contributed by atoms with Crippen LogP contribution in [0.15, 0.2) is 40.3 Å². The van der Waals surface area contributed by atoms with Gasteiger partial charge in [-0.25, -0.2) is 4.98 Å². The zero-order valence-electron chi connectivity index (χ0n) is 15.0. The highest BCUT2D eigenvalue weighted by atomic mass is 32.1. The molecule has 1 amide bonds. The van der Waals surface area contributed by atoms with E-state index in [1.807, 2.05) is 0 Å². The molecule has 150 valence electrons. The Balaban J connectivity index is 1.85. The zero-order valence-corrected chi connectivity index (χ0v) is 16.6. The standard InChI is InChI=1S/C19H14F3N3O2S2/c1-9-13(19(20,21)22)12-14(23)16(17(26)24-8-10-4-2-6-27-10)29-18(12)25-15(9)11-5-3-7-28-11/h2-7H,8,23H2,1H3,(H,24,26). The molecule has 0 bridgehead atoms. The van der Waals surface area contributed by atoms with Gasteiger partial charge in [0, 0.05) is 5.39 Å². The summed E-state index contributed by atoms with van der Waals surface area (Å²) in [5, 5.41) is 4.14. The van der Waals surface area contributed by atoms with Gasteiger partial charge in [0.2, 0.25) is 0 Å². The second-order valence-electron chi connectivity index (χ2n) is 6.22. The summed E-state index contributed by atoms with van der Waals surface area (Å²) in [5.74, 6) is -0.0617. The van der Waals surface area contributed by atoms with Gasteiger partial charge in [0.05, 0.1) is 34.6 Å². The average Bonchev–Trinajstić information content (AvgIpc) is 3.40. The molecule has 0 atom stereocenters. The van der Waals surface area contributed by atoms with E-state index >= 15 is 0 Å². The van der Waals surface area contributed by atoms with Gasteiger partial charge in [-0.2, -0.15) is 13.2 Å². The van der Waals surface area contributed by atoms with E-state index in [4.69, 9.17) is 10.2 Å². The molecule has 0 unspecified atom stereocenters. The second-order valence-corrected chi connectivity index (χ2v) is 8.17. The Hall–Kier alpha value is -2.85. The SMILES string of the molecule is Cc1c(-c2cccs2)nc2sc(C(=O)NCc3ccco3)c(N)c2c1C(F)(F)F. The molecule has 0 radical (unpaired) electrons. The summed E-state index contributed by atoms with van der Waals surface area (Å²) in [6, 6.07) is 6.80. The maximum absolute atomic E-state index is 13.9. The first-order valence-electron chi connectivity index (χ1n) is 8.41. The van der Waals surface area contributed by atoms with Crippen LogP contribution >= 0.6 is 22.7 Å². The first kappa shape index (κ1) is 19.5. The summed E-state index contributed by atoms with van der Waals surface area (Å²) in [7, 11) is 0. The number of alkyl halides is 3. The molecule has 0 aromatic carbocycles. The molecule has 4 rings (SSSR count). The van der Waals surface area contributed by atoms with Crippen LogP contribution < -0.4 is 11.1 Å². The molecular weight excluding hydrogens is 423 g/mol. The number of pyridine rings is 1. The molecule has 0 saturated carbocycles. The van der Waals surface area contributed by atoms with Gasteiger partial charge in [0.15, 0.2) is 0 Å². The van der Waals surface area contributed by atoms with Crippen molar-refractivity contribution in [1.29, 1.82) is 0 Å². The predicted molar refractivity (Wildman–Crippen MR) is 107 cm³/mol. The molecule has 0 spiro atoms. The summed E-state index contributed by atoms with van der Waals surface area (Å²) in [5.41, 5.74) is 5.16. The van der Waals surface area contributed by atoms with Crippen LogP contribution in [0.5, 0.6) is 0 Å². The Morgan fingerprint density at radius 2 is 2.10 bits per heavy atom. The molecule has 4 aromatic heterocycles. The van der Waals surface area contributed by atoms with Crippen molar-refractivity contribution in [2.45, 2.75) is 19.6 Å². The molecule has 5 nitrogen and oxygen atoms in total. The molecule has 10 heteroatoms. The highest BCUT2D eigenvalue weighted by molar-refractivity contribution is 7.21. The number of hydrogen-bond donors (Lipinski definition) is 2. The fourth-order valence-electron chi connectivity index (χ4n) is 3.08.